The highest BCUT2D eigenvalue weighted by Crippen LogP contribution is 2.31. The molecule has 0 unspecified atom stereocenters. The number of rotatable bonds is 4. The Morgan fingerprint density at radius 2 is 1.36 bits per heavy atom. The molecule has 0 bridgehead atoms. The van der Waals surface area contributed by atoms with Gasteiger partial charge < -0.3 is 0 Å². The molecule has 0 saturated carbocycles. The van der Waals surface area contributed by atoms with E-state index in [1.807, 2.05) is 31.2 Å². The van der Waals surface area contributed by atoms with Crippen molar-refractivity contribution >= 4 is 11.8 Å². The monoisotopic (exact) mass is 346 g/mol. The van der Waals surface area contributed by atoms with Gasteiger partial charge in [-0.25, -0.2) is 4.98 Å². The van der Waals surface area contributed by atoms with Crippen molar-refractivity contribution < 1.29 is 0 Å². The summed E-state index contributed by atoms with van der Waals surface area (Å²) in [6.07, 6.45) is 0. The molecule has 0 spiro atoms. The van der Waals surface area contributed by atoms with E-state index in [2.05, 4.69) is 54.4 Å². The molecule has 1 atom stereocenters. The Balaban J connectivity index is 2.12. The Labute approximate surface area is 152 Å². The average molecular weight is 346 g/mol. The minimum absolute atomic E-state index is 0.224. The van der Waals surface area contributed by atoms with Crippen molar-refractivity contribution in [3.05, 3.63) is 59.7 Å². The molecular formula is C20H18N4S. The number of nitriles is 1. The molecule has 0 amide bonds. The summed E-state index contributed by atoms with van der Waals surface area (Å²) in [5.74, 6) is 0. The number of hydrogen-bond acceptors (Lipinski definition) is 5. The third-order valence-corrected chi connectivity index (χ3v) is 4.62. The Bertz CT molecular complexity index is 912. The maximum Gasteiger partial charge on any atom is 0.210 e. The Kier molecular flexibility index (Phi) is 5.11. The van der Waals surface area contributed by atoms with E-state index in [-0.39, 0.29) is 5.25 Å². The van der Waals surface area contributed by atoms with Gasteiger partial charge in [-0.05, 0) is 20.8 Å². The number of nitrogens with zero attached hydrogens (tertiary/aromatic N) is 4. The summed E-state index contributed by atoms with van der Waals surface area (Å²) in [6.45, 7) is 5.93. The summed E-state index contributed by atoms with van der Waals surface area (Å²) in [6, 6.07) is 18.5. The van der Waals surface area contributed by atoms with Crippen LogP contribution in [0.25, 0.3) is 22.5 Å². The van der Waals surface area contributed by atoms with Gasteiger partial charge in [-0.15, -0.1) is 10.2 Å². The van der Waals surface area contributed by atoms with Gasteiger partial charge in [0.15, 0.2) is 0 Å². The zero-order chi connectivity index (χ0) is 17.8. The molecule has 124 valence electrons. The normalized spacial score (nSPS) is 11.8. The van der Waals surface area contributed by atoms with Crippen LogP contribution in [0.5, 0.6) is 0 Å². The van der Waals surface area contributed by atoms with Crippen molar-refractivity contribution in [1.82, 2.24) is 15.2 Å². The van der Waals surface area contributed by atoms with Gasteiger partial charge in [0.25, 0.3) is 0 Å². The van der Waals surface area contributed by atoms with Crippen LogP contribution >= 0.6 is 11.8 Å². The Hall–Kier alpha value is -2.71. The van der Waals surface area contributed by atoms with Crippen molar-refractivity contribution in [2.24, 2.45) is 0 Å². The summed E-state index contributed by atoms with van der Waals surface area (Å²) in [5.41, 5.74) is 5.88. The lowest BCUT2D eigenvalue weighted by Gasteiger charge is -2.10. The van der Waals surface area contributed by atoms with Crippen molar-refractivity contribution in [2.45, 2.75) is 31.2 Å². The SMILES string of the molecule is Cc1ccc(-c2nnc(S[C@@H](C)C#N)nc2-c2ccc(C)cc2)cc1. The zero-order valence-corrected chi connectivity index (χ0v) is 15.2. The van der Waals surface area contributed by atoms with E-state index < -0.39 is 0 Å². The van der Waals surface area contributed by atoms with Gasteiger partial charge in [-0.3, -0.25) is 0 Å². The predicted octanol–water partition coefficient (Wildman–Crippen LogP) is 4.83. The molecule has 0 N–H and O–H groups in total. The molecule has 2 aromatic carbocycles. The van der Waals surface area contributed by atoms with E-state index in [4.69, 9.17) is 10.2 Å². The number of thioether (sulfide) groups is 1. The molecule has 25 heavy (non-hydrogen) atoms. The Morgan fingerprint density at radius 1 is 0.840 bits per heavy atom. The van der Waals surface area contributed by atoms with Crippen LogP contribution in [-0.4, -0.2) is 20.4 Å². The second kappa shape index (κ2) is 7.45. The lowest BCUT2D eigenvalue weighted by Crippen LogP contribution is -2.01. The summed E-state index contributed by atoms with van der Waals surface area (Å²) >= 11 is 1.32. The molecular weight excluding hydrogens is 328 g/mol. The van der Waals surface area contributed by atoms with Crippen molar-refractivity contribution in [1.29, 1.82) is 5.26 Å². The fourth-order valence-electron chi connectivity index (χ4n) is 2.36. The third-order valence-electron chi connectivity index (χ3n) is 3.78. The van der Waals surface area contributed by atoms with Crippen LogP contribution in [0.15, 0.2) is 53.7 Å². The van der Waals surface area contributed by atoms with Gasteiger partial charge >= 0.3 is 0 Å². The molecule has 0 fully saturated rings. The summed E-state index contributed by atoms with van der Waals surface area (Å²) in [5, 5.41) is 18.0. The molecule has 0 aliphatic rings. The van der Waals surface area contributed by atoms with Crippen molar-refractivity contribution in [3.63, 3.8) is 0 Å². The minimum atomic E-state index is -0.224. The van der Waals surface area contributed by atoms with Crippen LogP contribution in [0.2, 0.25) is 0 Å². The summed E-state index contributed by atoms with van der Waals surface area (Å²) < 4.78 is 0. The largest absolute Gasteiger partial charge is 0.219 e. The first-order valence-corrected chi connectivity index (χ1v) is 8.90. The third kappa shape index (κ3) is 4.04. The van der Waals surface area contributed by atoms with E-state index in [0.717, 1.165) is 22.5 Å². The van der Waals surface area contributed by atoms with E-state index in [0.29, 0.717) is 5.16 Å². The smallest absolute Gasteiger partial charge is 0.210 e. The molecule has 0 saturated heterocycles. The number of hydrogen-bond donors (Lipinski definition) is 0. The average Bonchev–Trinajstić information content (AvgIpc) is 2.63. The fourth-order valence-corrected chi connectivity index (χ4v) is 2.96. The molecule has 4 nitrogen and oxygen atoms in total. The van der Waals surface area contributed by atoms with Crippen molar-refractivity contribution in [2.75, 3.05) is 0 Å². The van der Waals surface area contributed by atoms with Crippen molar-refractivity contribution in [3.8, 4) is 28.6 Å². The maximum atomic E-state index is 9.02. The molecule has 5 heteroatoms. The fraction of sp³-hybridized carbons (Fsp3) is 0.200. The zero-order valence-electron chi connectivity index (χ0n) is 14.4. The maximum absolute atomic E-state index is 9.02. The van der Waals surface area contributed by atoms with Crippen LogP contribution in [0, 0.1) is 25.2 Å². The molecule has 3 rings (SSSR count). The highest BCUT2D eigenvalue weighted by Gasteiger charge is 2.15. The molecule has 0 radical (unpaired) electrons. The van der Waals surface area contributed by atoms with E-state index in [1.54, 1.807) is 0 Å². The van der Waals surface area contributed by atoms with Crippen LogP contribution in [0.3, 0.4) is 0 Å². The van der Waals surface area contributed by atoms with Crippen LogP contribution in [-0.2, 0) is 0 Å². The molecule has 0 aliphatic carbocycles. The Morgan fingerprint density at radius 3 is 1.88 bits per heavy atom. The van der Waals surface area contributed by atoms with E-state index >= 15 is 0 Å². The van der Waals surface area contributed by atoms with Crippen LogP contribution in [0.4, 0.5) is 0 Å². The lowest BCUT2D eigenvalue weighted by atomic mass is 10.0. The highest BCUT2D eigenvalue weighted by molar-refractivity contribution is 7.99. The topological polar surface area (TPSA) is 62.5 Å². The van der Waals surface area contributed by atoms with Crippen LogP contribution in [0.1, 0.15) is 18.1 Å². The minimum Gasteiger partial charge on any atom is -0.219 e. The van der Waals surface area contributed by atoms with Gasteiger partial charge in [0.1, 0.15) is 11.4 Å². The van der Waals surface area contributed by atoms with Crippen LogP contribution < -0.4 is 0 Å². The van der Waals surface area contributed by atoms with Gasteiger partial charge in [-0.1, -0.05) is 71.4 Å². The van der Waals surface area contributed by atoms with E-state index in [9.17, 15) is 0 Å². The molecule has 1 heterocycles. The second-order valence-electron chi connectivity index (χ2n) is 5.91. The predicted molar refractivity (Wildman–Crippen MR) is 101 cm³/mol. The molecule has 0 aliphatic heterocycles. The number of benzene rings is 2. The van der Waals surface area contributed by atoms with Gasteiger partial charge in [0.2, 0.25) is 5.16 Å². The quantitative estimate of drug-likeness (QED) is 0.633. The first kappa shape index (κ1) is 17.1. The van der Waals surface area contributed by atoms with Gasteiger partial charge in [0.05, 0.1) is 11.3 Å². The number of aryl methyl sites for hydroxylation is 2. The first-order chi connectivity index (χ1) is 12.1. The van der Waals surface area contributed by atoms with Gasteiger partial charge in [0, 0.05) is 11.1 Å². The second-order valence-corrected chi connectivity index (χ2v) is 7.22. The molecule has 1 aromatic heterocycles. The summed E-state index contributed by atoms with van der Waals surface area (Å²) in [7, 11) is 0. The highest BCUT2D eigenvalue weighted by atomic mass is 32.2. The number of aromatic nitrogens is 3. The molecule has 3 aromatic rings. The standard InChI is InChI=1S/C20H18N4S/c1-13-4-8-16(9-5-13)18-19(17-10-6-14(2)7-11-17)23-24-20(22-18)25-15(3)12-21/h4-11,15H,1-3H3/t15-/m0/s1. The van der Waals surface area contributed by atoms with Gasteiger partial charge in [-0.2, -0.15) is 5.26 Å². The lowest BCUT2D eigenvalue weighted by molar-refractivity contribution is 0.848. The summed E-state index contributed by atoms with van der Waals surface area (Å²) in [4.78, 5) is 4.70. The first-order valence-electron chi connectivity index (χ1n) is 8.02. The van der Waals surface area contributed by atoms with E-state index in [1.165, 1.54) is 22.9 Å².